The summed E-state index contributed by atoms with van der Waals surface area (Å²) in [4.78, 5) is 24.5. The first-order valence-corrected chi connectivity index (χ1v) is 14.0. The summed E-state index contributed by atoms with van der Waals surface area (Å²) in [5.74, 6) is -0.403. The number of halogens is 1. The number of nitrogens with zero attached hydrogens (tertiary/aromatic N) is 3. The summed E-state index contributed by atoms with van der Waals surface area (Å²) >= 11 is 2.84. The highest BCUT2D eigenvalue weighted by Gasteiger charge is 2.21. The molecule has 2 amide bonds. The number of anilines is 1. The van der Waals surface area contributed by atoms with Gasteiger partial charge in [0.05, 0.1) is 23.6 Å². The highest BCUT2D eigenvalue weighted by Crippen LogP contribution is 2.41. The molecular formula is C26H29FN6O2S2. The van der Waals surface area contributed by atoms with E-state index in [0.717, 1.165) is 67.6 Å². The maximum absolute atomic E-state index is 15.8. The van der Waals surface area contributed by atoms with Crippen LogP contribution in [-0.4, -0.2) is 66.8 Å². The van der Waals surface area contributed by atoms with Crippen LogP contribution in [0.4, 0.5) is 14.3 Å². The van der Waals surface area contributed by atoms with Crippen LogP contribution in [0.2, 0.25) is 0 Å². The number of pyridine rings is 1. The number of benzene rings is 1. The maximum Gasteiger partial charge on any atom is 0.321 e. The van der Waals surface area contributed by atoms with Gasteiger partial charge in [0, 0.05) is 61.5 Å². The number of amides is 2. The molecule has 194 valence electrons. The maximum atomic E-state index is 15.8. The number of thiazole rings is 1. The van der Waals surface area contributed by atoms with E-state index in [1.54, 1.807) is 17.5 Å². The van der Waals surface area contributed by atoms with Crippen molar-refractivity contribution < 1.29 is 13.9 Å². The number of fused-ring (bicyclic) bond motifs is 1. The Bertz CT molecular complexity index is 1350. The lowest BCUT2D eigenvalue weighted by atomic mass is 10.0. The Kier molecular flexibility index (Phi) is 8.37. The summed E-state index contributed by atoms with van der Waals surface area (Å²) in [6.07, 6.45) is 1.71. The van der Waals surface area contributed by atoms with Crippen LogP contribution in [0.5, 0.6) is 0 Å². The Hall–Kier alpha value is -2.96. The van der Waals surface area contributed by atoms with Crippen LogP contribution < -0.4 is 16.0 Å². The summed E-state index contributed by atoms with van der Waals surface area (Å²) in [5.41, 5.74) is 3.01. The van der Waals surface area contributed by atoms with Gasteiger partial charge in [-0.1, -0.05) is 17.4 Å². The first-order valence-electron chi connectivity index (χ1n) is 12.3. The van der Waals surface area contributed by atoms with Crippen molar-refractivity contribution in [2.75, 3.05) is 51.3 Å². The van der Waals surface area contributed by atoms with E-state index in [1.165, 1.54) is 11.3 Å². The van der Waals surface area contributed by atoms with Gasteiger partial charge in [0.25, 0.3) is 0 Å². The van der Waals surface area contributed by atoms with Gasteiger partial charge < -0.3 is 15.4 Å². The highest BCUT2D eigenvalue weighted by molar-refractivity contribution is 7.22. The molecule has 0 atom stereocenters. The lowest BCUT2D eigenvalue weighted by Crippen LogP contribution is -2.40. The number of nitrogens with one attached hydrogen (secondary N) is 3. The standard InChI is InChI=1S/C26H29FN6O2S2/c1-2-29-25(34)32-26-31-23-22(27)19(14-20(24(23)37-26)21-5-3-4-6-30-21)17-13-18(36-16-17)15-28-7-8-33-9-11-35-12-10-33/h3-6,13-14,16,28H,2,7-12,15H2,1H3,(H2,29,31,32,34). The van der Waals surface area contributed by atoms with Crippen LogP contribution in [0.15, 0.2) is 41.9 Å². The molecule has 1 aliphatic rings. The van der Waals surface area contributed by atoms with Crippen molar-refractivity contribution in [1.82, 2.24) is 25.5 Å². The van der Waals surface area contributed by atoms with Crippen LogP contribution in [0.25, 0.3) is 32.6 Å². The molecule has 11 heteroatoms. The van der Waals surface area contributed by atoms with Crippen molar-refractivity contribution in [3.8, 4) is 22.4 Å². The molecule has 0 bridgehead atoms. The number of hydrogen-bond donors (Lipinski definition) is 3. The average molecular weight is 541 g/mol. The van der Waals surface area contributed by atoms with Gasteiger partial charge >= 0.3 is 6.03 Å². The molecule has 0 saturated carbocycles. The summed E-state index contributed by atoms with van der Waals surface area (Å²) in [7, 11) is 0. The average Bonchev–Trinajstić information content (AvgIpc) is 3.56. The fourth-order valence-electron chi connectivity index (χ4n) is 4.22. The van der Waals surface area contributed by atoms with Gasteiger partial charge in [-0.05, 0) is 42.1 Å². The molecule has 0 aliphatic carbocycles. The van der Waals surface area contributed by atoms with E-state index in [0.29, 0.717) is 21.9 Å². The quantitative estimate of drug-likeness (QED) is 0.265. The topological polar surface area (TPSA) is 91.4 Å². The first-order chi connectivity index (χ1) is 18.1. The van der Waals surface area contributed by atoms with Gasteiger partial charge in [0.15, 0.2) is 10.9 Å². The van der Waals surface area contributed by atoms with Crippen LogP contribution in [-0.2, 0) is 11.3 Å². The fourth-order valence-corrected chi connectivity index (χ4v) is 6.05. The minimum absolute atomic E-state index is 0.228. The second-order valence-corrected chi connectivity index (χ2v) is 10.6. The van der Waals surface area contributed by atoms with Crippen molar-refractivity contribution in [3.05, 3.63) is 52.6 Å². The van der Waals surface area contributed by atoms with Crippen LogP contribution in [0, 0.1) is 5.82 Å². The van der Waals surface area contributed by atoms with E-state index >= 15 is 4.39 Å². The Balaban J connectivity index is 1.39. The van der Waals surface area contributed by atoms with E-state index in [-0.39, 0.29) is 11.5 Å². The number of carbonyl (C=O) groups is 1. The van der Waals surface area contributed by atoms with Crippen molar-refractivity contribution >= 4 is 44.1 Å². The number of morpholine rings is 1. The van der Waals surface area contributed by atoms with Crippen molar-refractivity contribution in [3.63, 3.8) is 0 Å². The third-order valence-electron chi connectivity index (χ3n) is 6.08. The third-order valence-corrected chi connectivity index (χ3v) is 8.02. The normalized spacial score (nSPS) is 14.2. The second kappa shape index (κ2) is 12.1. The second-order valence-electron chi connectivity index (χ2n) is 8.61. The van der Waals surface area contributed by atoms with Crippen LogP contribution >= 0.6 is 22.7 Å². The smallest absolute Gasteiger partial charge is 0.321 e. The van der Waals surface area contributed by atoms with Crippen LogP contribution in [0.1, 0.15) is 11.8 Å². The van der Waals surface area contributed by atoms with Gasteiger partial charge in [-0.3, -0.25) is 15.2 Å². The van der Waals surface area contributed by atoms with Crippen molar-refractivity contribution in [1.29, 1.82) is 0 Å². The monoisotopic (exact) mass is 540 g/mol. The number of thiophene rings is 1. The third kappa shape index (κ3) is 6.13. The minimum atomic E-state index is -0.403. The Labute approximate surface area is 222 Å². The zero-order valence-electron chi connectivity index (χ0n) is 20.6. The number of urea groups is 1. The molecule has 1 aliphatic heterocycles. The molecule has 37 heavy (non-hydrogen) atoms. The van der Waals surface area contributed by atoms with Crippen LogP contribution in [0.3, 0.4) is 0 Å². The molecule has 1 fully saturated rings. The van der Waals surface area contributed by atoms with Gasteiger partial charge in [-0.15, -0.1) is 11.3 Å². The fraction of sp³-hybridized carbons (Fsp3) is 0.346. The lowest BCUT2D eigenvalue weighted by molar-refractivity contribution is 0.0384. The molecule has 1 saturated heterocycles. The molecule has 3 aromatic heterocycles. The van der Waals surface area contributed by atoms with E-state index in [1.807, 2.05) is 42.6 Å². The van der Waals surface area contributed by atoms with Crippen molar-refractivity contribution in [2.24, 2.45) is 0 Å². The van der Waals surface area contributed by atoms with Gasteiger partial charge in [0.2, 0.25) is 0 Å². The Morgan fingerprint density at radius 3 is 2.86 bits per heavy atom. The molecule has 3 N–H and O–H groups in total. The minimum Gasteiger partial charge on any atom is -0.379 e. The van der Waals surface area contributed by atoms with E-state index in [9.17, 15) is 4.79 Å². The zero-order chi connectivity index (χ0) is 25.6. The molecule has 0 spiro atoms. The highest BCUT2D eigenvalue weighted by atomic mass is 32.1. The largest absolute Gasteiger partial charge is 0.379 e. The molecule has 0 radical (unpaired) electrons. The summed E-state index contributed by atoms with van der Waals surface area (Å²) in [6.45, 7) is 8.46. The number of rotatable bonds is 9. The SMILES string of the molecule is CCNC(=O)Nc1nc2c(F)c(-c3csc(CNCCN4CCOCC4)c3)cc(-c3ccccn3)c2s1. The number of aromatic nitrogens is 2. The molecule has 0 unspecified atom stereocenters. The van der Waals surface area contributed by atoms with Crippen molar-refractivity contribution in [2.45, 2.75) is 13.5 Å². The zero-order valence-corrected chi connectivity index (χ0v) is 22.2. The lowest BCUT2D eigenvalue weighted by Gasteiger charge is -2.26. The molecular weight excluding hydrogens is 511 g/mol. The predicted octanol–water partition coefficient (Wildman–Crippen LogP) is 4.79. The van der Waals surface area contributed by atoms with E-state index < -0.39 is 5.82 Å². The van der Waals surface area contributed by atoms with Gasteiger partial charge in [0.1, 0.15) is 5.52 Å². The number of ether oxygens (including phenoxy) is 1. The molecule has 4 aromatic rings. The van der Waals surface area contributed by atoms with Gasteiger partial charge in [-0.2, -0.15) is 0 Å². The molecule has 8 nitrogen and oxygen atoms in total. The number of hydrogen-bond acceptors (Lipinski definition) is 8. The first kappa shape index (κ1) is 25.7. The molecule has 5 rings (SSSR count). The molecule has 4 heterocycles. The summed E-state index contributed by atoms with van der Waals surface area (Å²) in [6, 6.07) is 9.13. The number of carbonyl (C=O) groups excluding carboxylic acids is 1. The van der Waals surface area contributed by atoms with E-state index in [4.69, 9.17) is 4.74 Å². The summed E-state index contributed by atoms with van der Waals surface area (Å²) in [5, 5.41) is 11.2. The molecule has 1 aromatic carbocycles. The van der Waals surface area contributed by atoms with E-state index in [2.05, 4.69) is 30.8 Å². The Morgan fingerprint density at radius 1 is 1.22 bits per heavy atom. The summed E-state index contributed by atoms with van der Waals surface area (Å²) < 4.78 is 21.9. The predicted molar refractivity (Wildman–Crippen MR) is 148 cm³/mol. The van der Waals surface area contributed by atoms with Gasteiger partial charge in [-0.25, -0.2) is 14.2 Å². The Morgan fingerprint density at radius 2 is 2.08 bits per heavy atom.